The summed E-state index contributed by atoms with van der Waals surface area (Å²) >= 11 is 6.08. The molecule has 1 aliphatic rings. The van der Waals surface area contributed by atoms with Crippen LogP contribution in [0.1, 0.15) is 0 Å². The van der Waals surface area contributed by atoms with Gasteiger partial charge in [0, 0.05) is 22.0 Å². The van der Waals surface area contributed by atoms with Gasteiger partial charge in [0.2, 0.25) is 0 Å². The highest BCUT2D eigenvalue weighted by molar-refractivity contribution is 6.30. The molecule has 0 spiro atoms. The molecule has 0 radical (unpaired) electrons. The number of aromatic nitrogens is 2. The second kappa shape index (κ2) is 6.07. The van der Waals surface area contributed by atoms with E-state index in [4.69, 9.17) is 26.2 Å². The molecule has 0 atom stereocenters. The van der Waals surface area contributed by atoms with E-state index in [1.807, 2.05) is 71.4 Å². The quantitative estimate of drug-likeness (QED) is 0.496. The van der Waals surface area contributed by atoms with Crippen LogP contribution in [0.3, 0.4) is 0 Å². The van der Waals surface area contributed by atoms with Crippen LogP contribution in [0.2, 0.25) is 5.02 Å². The minimum absolute atomic E-state index is 0.557. The van der Waals surface area contributed by atoms with Crippen LogP contribution in [0.15, 0.2) is 66.7 Å². The first-order valence-corrected chi connectivity index (χ1v) is 8.81. The Morgan fingerprint density at radius 2 is 1.54 bits per heavy atom. The number of hydrogen-bond acceptors (Lipinski definition) is 3. The molecule has 1 aromatic heterocycles. The Labute approximate surface area is 155 Å². The number of benzene rings is 3. The van der Waals surface area contributed by atoms with Gasteiger partial charge in [0.05, 0.1) is 16.9 Å². The molecule has 5 heteroatoms. The summed E-state index contributed by atoms with van der Waals surface area (Å²) in [7, 11) is 0. The minimum Gasteiger partial charge on any atom is -0.486 e. The van der Waals surface area contributed by atoms with Crippen LogP contribution in [-0.4, -0.2) is 23.0 Å². The number of halogens is 1. The van der Waals surface area contributed by atoms with Gasteiger partial charge in [-0.25, -0.2) is 4.68 Å². The van der Waals surface area contributed by atoms with Crippen LogP contribution in [0, 0.1) is 0 Å². The molecule has 26 heavy (non-hydrogen) atoms. The molecule has 1 aliphatic heterocycles. The molecule has 0 saturated heterocycles. The number of para-hydroxylation sites is 1. The summed E-state index contributed by atoms with van der Waals surface area (Å²) in [5, 5.41) is 6.56. The molecule has 0 N–H and O–H groups in total. The van der Waals surface area contributed by atoms with Crippen LogP contribution in [0.4, 0.5) is 0 Å². The largest absolute Gasteiger partial charge is 0.486 e. The standard InChI is InChI=1S/C21H15ClN2O2/c22-15-8-6-14(7-9-15)21-17-12-19-20(26-11-10-25-19)13-18(17)23-24(21)16-4-2-1-3-5-16/h1-9,12-13H,10-11H2. The molecule has 5 rings (SSSR count). The Morgan fingerprint density at radius 1 is 0.846 bits per heavy atom. The van der Waals surface area contributed by atoms with E-state index < -0.39 is 0 Å². The van der Waals surface area contributed by atoms with E-state index in [-0.39, 0.29) is 0 Å². The second-order valence-electron chi connectivity index (χ2n) is 6.12. The van der Waals surface area contributed by atoms with E-state index in [9.17, 15) is 0 Å². The van der Waals surface area contributed by atoms with Crippen LogP contribution in [-0.2, 0) is 0 Å². The molecular weight excluding hydrogens is 348 g/mol. The van der Waals surface area contributed by atoms with E-state index in [1.165, 1.54) is 0 Å². The van der Waals surface area contributed by atoms with Crippen LogP contribution in [0.25, 0.3) is 27.8 Å². The van der Waals surface area contributed by atoms with E-state index in [0.29, 0.717) is 18.2 Å². The molecule has 0 bridgehead atoms. The van der Waals surface area contributed by atoms with Gasteiger partial charge in [-0.15, -0.1) is 0 Å². The summed E-state index contributed by atoms with van der Waals surface area (Å²) < 4.78 is 13.4. The fourth-order valence-corrected chi connectivity index (χ4v) is 3.39. The number of nitrogens with zero attached hydrogens (tertiary/aromatic N) is 2. The third-order valence-corrected chi connectivity index (χ3v) is 4.71. The lowest BCUT2D eigenvalue weighted by molar-refractivity contribution is 0.172. The van der Waals surface area contributed by atoms with Crippen molar-refractivity contribution < 1.29 is 9.47 Å². The van der Waals surface area contributed by atoms with Crippen molar-refractivity contribution in [2.24, 2.45) is 0 Å². The Balaban J connectivity index is 1.82. The van der Waals surface area contributed by atoms with Gasteiger partial charge < -0.3 is 9.47 Å². The maximum atomic E-state index is 6.08. The Morgan fingerprint density at radius 3 is 2.27 bits per heavy atom. The summed E-state index contributed by atoms with van der Waals surface area (Å²) in [6.07, 6.45) is 0. The number of rotatable bonds is 2. The topological polar surface area (TPSA) is 36.3 Å². The third-order valence-electron chi connectivity index (χ3n) is 4.45. The lowest BCUT2D eigenvalue weighted by Gasteiger charge is -2.18. The number of fused-ring (bicyclic) bond motifs is 2. The molecule has 3 aromatic carbocycles. The van der Waals surface area contributed by atoms with Gasteiger partial charge in [0.1, 0.15) is 13.2 Å². The lowest BCUT2D eigenvalue weighted by Crippen LogP contribution is -2.15. The van der Waals surface area contributed by atoms with Gasteiger partial charge in [-0.1, -0.05) is 41.9 Å². The van der Waals surface area contributed by atoms with Crippen molar-refractivity contribution >= 4 is 22.5 Å². The summed E-state index contributed by atoms with van der Waals surface area (Å²) in [5.74, 6) is 1.50. The van der Waals surface area contributed by atoms with Crippen molar-refractivity contribution in [3.05, 3.63) is 71.8 Å². The molecule has 4 aromatic rings. The van der Waals surface area contributed by atoms with Gasteiger partial charge in [-0.3, -0.25) is 0 Å². The smallest absolute Gasteiger partial charge is 0.163 e. The predicted molar refractivity (Wildman–Crippen MR) is 103 cm³/mol. The summed E-state index contributed by atoms with van der Waals surface area (Å²) in [5.41, 5.74) is 3.90. The Kier molecular flexibility index (Phi) is 3.57. The first-order chi connectivity index (χ1) is 12.8. The maximum absolute atomic E-state index is 6.08. The first-order valence-electron chi connectivity index (χ1n) is 8.43. The van der Waals surface area contributed by atoms with Gasteiger partial charge in [-0.2, -0.15) is 5.10 Å². The molecule has 0 saturated carbocycles. The highest BCUT2D eigenvalue weighted by atomic mass is 35.5. The number of hydrogen-bond donors (Lipinski definition) is 0. The van der Waals surface area contributed by atoms with Crippen LogP contribution >= 0.6 is 11.6 Å². The fraction of sp³-hybridized carbons (Fsp3) is 0.0952. The van der Waals surface area contributed by atoms with E-state index in [2.05, 4.69) is 0 Å². The van der Waals surface area contributed by atoms with Crippen molar-refractivity contribution in [2.45, 2.75) is 0 Å². The predicted octanol–water partition coefficient (Wildman–Crippen LogP) is 5.12. The SMILES string of the molecule is Clc1ccc(-c2c3cc4c(cc3nn2-c2ccccc2)OCCO4)cc1. The summed E-state index contributed by atoms with van der Waals surface area (Å²) in [6.45, 7) is 1.11. The Bertz CT molecular complexity index is 1090. The average molecular weight is 363 g/mol. The van der Waals surface area contributed by atoms with Crippen molar-refractivity contribution in [3.63, 3.8) is 0 Å². The van der Waals surface area contributed by atoms with Crippen molar-refractivity contribution in [1.82, 2.24) is 9.78 Å². The van der Waals surface area contributed by atoms with Crippen molar-refractivity contribution in [3.8, 4) is 28.4 Å². The van der Waals surface area contributed by atoms with Gasteiger partial charge in [-0.05, 0) is 30.3 Å². The monoisotopic (exact) mass is 362 g/mol. The lowest BCUT2D eigenvalue weighted by atomic mass is 10.1. The van der Waals surface area contributed by atoms with E-state index in [1.54, 1.807) is 0 Å². The zero-order chi connectivity index (χ0) is 17.5. The van der Waals surface area contributed by atoms with Crippen molar-refractivity contribution in [1.29, 1.82) is 0 Å². The maximum Gasteiger partial charge on any atom is 0.163 e. The van der Waals surface area contributed by atoms with E-state index >= 15 is 0 Å². The molecular formula is C21H15ClN2O2. The number of ether oxygens (including phenoxy) is 2. The van der Waals surface area contributed by atoms with Crippen LogP contribution < -0.4 is 9.47 Å². The highest BCUT2D eigenvalue weighted by Gasteiger charge is 2.20. The van der Waals surface area contributed by atoms with Gasteiger partial charge >= 0.3 is 0 Å². The van der Waals surface area contributed by atoms with Crippen LogP contribution in [0.5, 0.6) is 11.5 Å². The minimum atomic E-state index is 0.557. The molecule has 4 nitrogen and oxygen atoms in total. The van der Waals surface area contributed by atoms with Crippen molar-refractivity contribution in [2.75, 3.05) is 13.2 Å². The average Bonchev–Trinajstić information content (AvgIpc) is 3.06. The summed E-state index contributed by atoms with van der Waals surface area (Å²) in [6, 6.07) is 21.8. The molecule has 0 unspecified atom stereocenters. The molecule has 128 valence electrons. The third kappa shape index (κ3) is 2.50. The zero-order valence-electron chi connectivity index (χ0n) is 13.9. The van der Waals surface area contributed by atoms with E-state index in [0.717, 1.165) is 39.3 Å². The molecule has 2 heterocycles. The normalized spacial score (nSPS) is 13.1. The Hall–Kier alpha value is -2.98. The molecule has 0 fully saturated rings. The van der Waals surface area contributed by atoms with Gasteiger partial charge in [0.25, 0.3) is 0 Å². The fourth-order valence-electron chi connectivity index (χ4n) is 3.26. The zero-order valence-corrected chi connectivity index (χ0v) is 14.6. The first kappa shape index (κ1) is 15.3. The molecule has 0 amide bonds. The second-order valence-corrected chi connectivity index (χ2v) is 6.55. The molecule has 0 aliphatic carbocycles. The summed E-state index contributed by atoms with van der Waals surface area (Å²) in [4.78, 5) is 0. The highest BCUT2D eigenvalue weighted by Crippen LogP contribution is 2.39. The van der Waals surface area contributed by atoms with Gasteiger partial charge in [0.15, 0.2) is 11.5 Å².